The number of hydrogen-bond donors (Lipinski definition) is 3. The Morgan fingerprint density at radius 3 is 2.27 bits per heavy atom. The lowest BCUT2D eigenvalue weighted by Crippen LogP contribution is -2.40. The van der Waals surface area contributed by atoms with Crippen molar-refractivity contribution in [2.24, 2.45) is 0 Å². The third kappa shape index (κ3) is 5.91. The molecule has 5 aromatic rings. The molecule has 0 aliphatic rings. The smallest absolute Gasteiger partial charge is 0.255 e. The topological polar surface area (TPSA) is 113 Å². The van der Waals surface area contributed by atoms with E-state index in [9.17, 15) is 22.4 Å². The van der Waals surface area contributed by atoms with Crippen LogP contribution in [0.1, 0.15) is 47.1 Å². The highest BCUT2D eigenvalue weighted by molar-refractivity contribution is 7.74. The van der Waals surface area contributed by atoms with Crippen LogP contribution < -0.4 is 14.9 Å². The van der Waals surface area contributed by atoms with Gasteiger partial charge in [-0.1, -0.05) is 42.5 Å². The van der Waals surface area contributed by atoms with E-state index in [1.54, 1.807) is 43.5 Å². The number of nitrogens with one attached hydrogen (secondary N) is 2. The van der Waals surface area contributed by atoms with Gasteiger partial charge in [0.1, 0.15) is 11.5 Å². The molecule has 226 valence electrons. The first-order valence-electron chi connectivity index (χ1n) is 14.0. The minimum Gasteiger partial charge on any atom is -0.355 e. The number of carbonyl (C=O) groups is 2. The Morgan fingerprint density at radius 2 is 1.64 bits per heavy atom. The molecule has 0 bridgehead atoms. The number of amides is 2. The van der Waals surface area contributed by atoms with Crippen LogP contribution in [0, 0.1) is 5.82 Å². The van der Waals surface area contributed by atoms with Crippen LogP contribution in [-0.4, -0.2) is 43.4 Å². The Hall–Kier alpha value is -5.03. The second-order valence-corrected chi connectivity index (χ2v) is 11.6. The van der Waals surface area contributed by atoms with Crippen molar-refractivity contribution >= 4 is 33.9 Å². The maximum absolute atomic E-state index is 13.7. The van der Waals surface area contributed by atoms with Gasteiger partial charge in [0.15, 0.2) is 0 Å². The van der Waals surface area contributed by atoms with Gasteiger partial charge < -0.3 is 10.6 Å². The molecule has 3 aromatic carbocycles. The normalized spacial score (nSPS) is 11.5. The Morgan fingerprint density at radius 1 is 0.932 bits per heavy atom. The second kappa shape index (κ2) is 12.3. The number of halogens is 1. The van der Waals surface area contributed by atoms with Gasteiger partial charge >= 0.3 is 0 Å². The van der Waals surface area contributed by atoms with Crippen molar-refractivity contribution in [1.82, 2.24) is 20.2 Å². The number of fused-ring (bicyclic) bond motifs is 1. The average molecular weight is 614 g/mol. The molecular formula is C33H32FN5O4S. The molecule has 0 radical (unpaired) electrons. The maximum Gasteiger partial charge on any atom is 0.255 e. The Balaban J connectivity index is 1.68. The summed E-state index contributed by atoms with van der Waals surface area (Å²) in [7, 11) is -1.54. The zero-order valence-corrected chi connectivity index (χ0v) is 25.6. The molecule has 2 heterocycles. The number of hydrogen-bond acceptors (Lipinski definition) is 5. The number of carbonyl (C=O) groups excluding carboxylic acids is 2. The molecule has 44 heavy (non-hydrogen) atoms. The predicted octanol–water partition coefficient (Wildman–Crippen LogP) is 5.18. The monoisotopic (exact) mass is 613 g/mol. The fraction of sp³-hybridized carbons (Fsp3) is 0.182. The highest BCUT2D eigenvalue weighted by atomic mass is 32.2. The van der Waals surface area contributed by atoms with E-state index in [4.69, 9.17) is 0 Å². The first-order valence-corrected chi connectivity index (χ1v) is 15.1. The molecule has 2 amide bonds. The molecule has 11 heteroatoms. The fourth-order valence-corrected chi connectivity index (χ4v) is 5.73. The van der Waals surface area contributed by atoms with Gasteiger partial charge in [-0.05, 0) is 74.4 Å². The third-order valence-electron chi connectivity index (χ3n) is 7.45. The molecule has 0 aliphatic carbocycles. The first-order chi connectivity index (χ1) is 21.0. The minimum absolute atomic E-state index is 0.136. The van der Waals surface area contributed by atoms with Crippen LogP contribution in [0.15, 0.2) is 91.1 Å². The number of anilines is 1. The van der Waals surface area contributed by atoms with E-state index in [0.29, 0.717) is 39.2 Å². The second-order valence-electron chi connectivity index (χ2n) is 10.7. The maximum atomic E-state index is 13.7. The predicted molar refractivity (Wildman–Crippen MR) is 170 cm³/mol. The average Bonchev–Trinajstić information content (AvgIpc) is 3.39. The Kier molecular flexibility index (Phi) is 8.50. The number of nitrogens with zero attached hydrogens (tertiary/aromatic N) is 3. The lowest BCUT2D eigenvalue weighted by atomic mass is 9.93. The summed E-state index contributed by atoms with van der Waals surface area (Å²) < 4.78 is 41.1. The van der Waals surface area contributed by atoms with Crippen molar-refractivity contribution in [2.75, 3.05) is 17.9 Å². The van der Waals surface area contributed by atoms with Crippen LogP contribution in [0.4, 0.5) is 10.1 Å². The number of benzene rings is 3. The Labute approximate surface area is 256 Å². The lowest BCUT2D eigenvalue weighted by molar-refractivity contribution is 0.0910. The minimum atomic E-state index is -3.04. The van der Waals surface area contributed by atoms with Gasteiger partial charge in [-0.2, -0.15) is 5.10 Å². The van der Waals surface area contributed by atoms with Crippen molar-refractivity contribution in [1.29, 1.82) is 0 Å². The van der Waals surface area contributed by atoms with E-state index in [2.05, 4.69) is 15.7 Å². The van der Waals surface area contributed by atoms with Crippen LogP contribution in [0.25, 0.3) is 27.9 Å². The molecule has 9 nitrogen and oxygen atoms in total. The number of aromatic nitrogens is 2. The van der Waals surface area contributed by atoms with Gasteiger partial charge in [0, 0.05) is 30.3 Å². The summed E-state index contributed by atoms with van der Waals surface area (Å²) in [6.07, 6.45) is 1.55. The van der Waals surface area contributed by atoms with Crippen LogP contribution >= 0.6 is 0 Å². The van der Waals surface area contributed by atoms with E-state index in [0.717, 1.165) is 5.56 Å². The van der Waals surface area contributed by atoms with E-state index < -0.39 is 28.2 Å². The van der Waals surface area contributed by atoms with Gasteiger partial charge in [-0.3, -0.25) is 13.9 Å². The van der Waals surface area contributed by atoms with Crippen LogP contribution in [0.5, 0.6) is 0 Å². The molecule has 5 rings (SSSR count). The van der Waals surface area contributed by atoms with Crippen LogP contribution in [0.2, 0.25) is 0 Å². The van der Waals surface area contributed by atoms with Gasteiger partial charge in [0.05, 0.1) is 28.5 Å². The van der Waals surface area contributed by atoms with Crippen molar-refractivity contribution < 1.29 is 22.4 Å². The van der Waals surface area contributed by atoms with Crippen molar-refractivity contribution in [2.45, 2.75) is 26.3 Å². The Bertz CT molecular complexity index is 1930. The zero-order chi connectivity index (χ0) is 31.6. The molecule has 0 fully saturated rings. The van der Waals surface area contributed by atoms with E-state index in [1.165, 1.54) is 40.1 Å². The largest absolute Gasteiger partial charge is 0.355 e. The molecular weight excluding hydrogens is 581 g/mol. The highest BCUT2D eigenvalue weighted by Crippen LogP contribution is 2.36. The molecule has 0 spiro atoms. The van der Waals surface area contributed by atoms with Crippen LogP contribution in [0.3, 0.4) is 0 Å². The lowest BCUT2D eigenvalue weighted by Gasteiger charge is -2.27. The summed E-state index contributed by atoms with van der Waals surface area (Å²) >= 11 is 0. The van der Waals surface area contributed by atoms with Crippen LogP contribution in [-0.2, 0) is 16.4 Å². The summed E-state index contributed by atoms with van der Waals surface area (Å²) in [6.45, 7) is 5.67. The fourth-order valence-electron chi connectivity index (χ4n) is 5.16. The van der Waals surface area contributed by atoms with Gasteiger partial charge in [0.25, 0.3) is 11.8 Å². The first kappa shape index (κ1) is 30.4. The number of thiol groups is 1. The van der Waals surface area contributed by atoms with Gasteiger partial charge in [-0.25, -0.2) is 17.3 Å². The molecule has 0 saturated carbocycles. The zero-order valence-electron chi connectivity index (χ0n) is 24.7. The molecule has 0 aliphatic heterocycles. The molecule has 0 saturated heterocycles. The third-order valence-corrected chi connectivity index (χ3v) is 8.35. The van der Waals surface area contributed by atoms with E-state index >= 15 is 0 Å². The van der Waals surface area contributed by atoms with Crippen molar-refractivity contribution in [3.63, 3.8) is 0 Å². The molecule has 2 N–H and O–H groups in total. The van der Waals surface area contributed by atoms with Gasteiger partial charge in [-0.15, -0.1) is 0 Å². The van der Waals surface area contributed by atoms with Crippen molar-refractivity contribution in [3.05, 3.63) is 114 Å². The summed E-state index contributed by atoms with van der Waals surface area (Å²) in [5.41, 5.74) is 3.47. The number of rotatable bonds is 9. The summed E-state index contributed by atoms with van der Waals surface area (Å²) in [5.74, 6) is -1.16. The van der Waals surface area contributed by atoms with Crippen molar-refractivity contribution in [3.8, 4) is 22.4 Å². The molecule has 0 atom stereocenters. The summed E-state index contributed by atoms with van der Waals surface area (Å²) in [4.78, 5) is 26.6. The molecule has 2 aromatic heterocycles. The van der Waals surface area contributed by atoms with E-state index in [1.807, 2.05) is 44.2 Å². The molecule has 0 unspecified atom stereocenters. The summed E-state index contributed by atoms with van der Waals surface area (Å²) in [6, 6.07) is 23.8. The summed E-state index contributed by atoms with van der Waals surface area (Å²) in [5, 5.41) is 10.3. The number of pyridine rings is 1. The highest BCUT2D eigenvalue weighted by Gasteiger charge is 2.26. The van der Waals surface area contributed by atoms with E-state index in [-0.39, 0.29) is 18.0 Å². The standard InChI is InChI=1S/C33H32FN5O4S/c1-5-39(44(42)43)28-20-38-27(29(32(41)35-4)30(37-38)21-14-16-25(34)17-15-21)19-26(28)22-10-9-11-23(18-22)31(40)36-33(2,3)24-12-7-6-8-13-24/h6-20,44H,5H2,1-4H3,(H,35,41)(H,36,40). The SMILES string of the molecule is CCN(c1cn2nc(-c3ccc(F)cc3)c(C(=O)NC)c2cc1-c1cccc(C(=O)NC(C)(C)c2ccccc2)c1)[SH](=O)=O. The quantitative estimate of drug-likeness (QED) is 0.198. The van der Waals surface area contributed by atoms with Gasteiger partial charge in [0.2, 0.25) is 10.9 Å².